The number of halogens is 1. The first kappa shape index (κ1) is 20.3. The molecule has 1 unspecified atom stereocenters. The zero-order valence-electron chi connectivity index (χ0n) is 16.3. The molecule has 0 amide bonds. The van der Waals surface area contributed by atoms with E-state index in [9.17, 15) is 0 Å². The van der Waals surface area contributed by atoms with E-state index in [1.807, 2.05) is 24.3 Å². The lowest BCUT2D eigenvalue weighted by molar-refractivity contribution is 0.306. The monoisotopic (exact) mass is 393 g/mol. The van der Waals surface area contributed by atoms with E-state index in [1.54, 1.807) is 0 Å². The summed E-state index contributed by atoms with van der Waals surface area (Å²) in [5, 5.41) is 3.61. The smallest absolute Gasteiger partial charge is 0.120 e. The summed E-state index contributed by atoms with van der Waals surface area (Å²) in [6.07, 6.45) is 3.67. The van der Waals surface area contributed by atoms with Crippen LogP contribution in [-0.4, -0.2) is 6.04 Å². The summed E-state index contributed by atoms with van der Waals surface area (Å²) in [4.78, 5) is 0. The molecule has 1 fully saturated rings. The Morgan fingerprint density at radius 1 is 0.893 bits per heavy atom. The topological polar surface area (TPSA) is 21.3 Å². The van der Waals surface area contributed by atoms with Crippen molar-refractivity contribution in [1.82, 2.24) is 0 Å². The molecule has 3 aromatic carbocycles. The Morgan fingerprint density at radius 2 is 1.61 bits per heavy atom. The van der Waals surface area contributed by atoms with Gasteiger partial charge in [0.05, 0.1) is 0 Å². The molecule has 28 heavy (non-hydrogen) atoms. The fourth-order valence-electron chi connectivity index (χ4n) is 3.46. The third kappa shape index (κ3) is 5.77. The quantitative estimate of drug-likeness (QED) is 0.465. The van der Waals surface area contributed by atoms with Crippen molar-refractivity contribution in [2.45, 2.75) is 44.8 Å². The highest BCUT2D eigenvalue weighted by Gasteiger charge is 2.22. The molecule has 2 nitrogen and oxygen atoms in total. The molecule has 1 saturated carbocycles. The number of rotatable bonds is 8. The molecule has 0 heterocycles. The summed E-state index contributed by atoms with van der Waals surface area (Å²) in [7, 11) is 0. The van der Waals surface area contributed by atoms with Crippen molar-refractivity contribution in [3.63, 3.8) is 0 Å². The van der Waals surface area contributed by atoms with Gasteiger partial charge in [0.25, 0.3) is 0 Å². The largest absolute Gasteiger partial charge is 0.489 e. The van der Waals surface area contributed by atoms with Gasteiger partial charge in [-0.25, -0.2) is 0 Å². The van der Waals surface area contributed by atoms with Gasteiger partial charge in [-0.2, -0.15) is 0 Å². The van der Waals surface area contributed by atoms with Gasteiger partial charge in [-0.15, -0.1) is 12.4 Å². The molecule has 0 radical (unpaired) electrons. The summed E-state index contributed by atoms with van der Waals surface area (Å²) >= 11 is 0. The van der Waals surface area contributed by atoms with Crippen LogP contribution in [0.3, 0.4) is 0 Å². The molecule has 4 rings (SSSR count). The third-order valence-electron chi connectivity index (χ3n) is 5.06. The van der Waals surface area contributed by atoms with Gasteiger partial charge in [0.1, 0.15) is 12.4 Å². The van der Waals surface area contributed by atoms with E-state index in [0.29, 0.717) is 12.6 Å². The van der Waals surface area contributed by atoms with Crippen LogP contribution in [0.25, 0.3) is 0 Å². The number of benzene rings is 3. The summed E-state index contributed by atoms with van der Waals surface area (Å²) < 4.78 is 5.95. The zero-order valence-corrected chi connectivity index (χ0v) is 17.1. The van der Waals surface area contributed by atoms with Crippen molar-refractivity contribution in [2.75, 3.05) is 5.32 Å². The summed E-state index contributed by atoms with van der Waals surface area (Å²) in [6, 6.07) is 28.0. The second-order valence-corrected chi connectivity index (χ2v) is 7.57. The standard InChI is InChI=1S/C25H27NO.ClH/c1-19(26-24-14-12-23(13-15-24)22-10-11-22)16-21-8-5-9-25(17-21)27-18-20-6-3-2-4-7-20;/h2-9,12-15,17,19,22,26H,10-11,16,18H2,1H3;1H. The first-order valence-electron chi connectivity index (χ1n) is 9.88. The highest BCUT2D eigenvalue weighted by molar-refractivity contribution is 5.85. The molecule has 3 aromatic rings. The van der Waals surface area contributed by atoms with Gasteiger partial charge < -0.3 is 10.1 Å². The van der Waals surface area contributed by atoms with Crippen LogP contribution >= 0.6 is 12.4 Å². The lowest BCUT2D eigenvalue weighted by Gasteiger charge is -2.16. The molecule has 1 aliphatic carbocycles. The summed E-state index contributed by atoms with van der Waals surface area (Å²) in [6.45, 7) is 2.83. The minimum absolute atomic E-state index is 0. The van der Waals surface area contributed by atoms with Gasteiger partial charge in [0.15, 0.2) is 0 Å². The molecule has 146 valence electrons. The Morgan fingerprint density at radius 3 is 2.32 bits per heavy atom. The van der Waals surface area contributed by atoms with Crippen LogP contribution in [0.15, 0.2) is 78.9 Å². The van der Waals surface area contributed by atoms with Crippen molar-refractivity contribution in [2.24, 2.45) is 0 Å². The van der Waals surface area contributed by atoms with Gasteiger partial charge in [-0.1, -0.05) is 54.6 Å². The fraction of sp³-hybridized carbons (Fsp3) is 0.280. The predicted molar refractivity (Wildman–Crippen MR) is 120 cm³/mol. The number of hydrogen-bond acceptors (Lipinski definition) is 2. The first-order chi connectivity index (χ1) is 13.3. The molecule has 1 N–H and O–H groups in total. The molecule has 0 aliphatic heterocycles. The summed E-state index contributed by atoms with van der Waals surface area (Å²) in [5.74, 6) is 1.74. The van der Waals surface area contributed by atoms with Gasteiger partial charge in [-0.05, 0) is 73.1 Å². The van der Waals surface area contributed by atoms with Crippen LogP contribution in [0, 0.1) is 0 Å². The number of hydrogen-bond donors (Lipinski definition) is 1. The predicted octanol–water partition coefficient (Wildman–Crippen LogP) is 6.61. The maximum Gasteiger partial charge on any atom is 0.120 e. The Hall–Kier alpha value is -2.45. The first-order valence-corrected chi connectivity index (χ1v) is 9.88. The Kier molecular flexibility index (Phi) is 7.00. The van der Waals surface area contributed by atoms with E-state index >= 15 is 0 Å². The summed E-state index contributed by atoms with van der Waals surface area (Å²) in [5.41, 5.74) is 5.16. The van der Waals surface area contributed by atoms with E-state index in [-0.39, 0.29) is 12.4 Å². The average molecular weight is 394 g/mol. The average Bonchev–Trinajstić information content (AvgIpc) is 3.53. The van der Waals surface area contributed by atoms with Crippen molar-refractivity contribution in [1.29, 1.82) is 0 Å². The minimum atomic E-state index is 0. The van der Waals surface area contributed by atoms with Crippen LogP contribution in [0.2, 0.25) is 0 Å². The van der Waals surface area contributed by atoms with Crippen molar-refractivity contribution in [3.8, 4) is 5.75 Å². The number of ether oxygens (including phenoxy) is 1. The SMILES string of the molecule is CC(Cc1cccc(OCc2ccccc2)c1)Nc1ccc(C2CC2)cc1.Cl. The highest BCUT2D eigenvalue weighted by Crippen LogP contribution is 2.40. The molecule has 0 spiro atoms. The van der Waals surface area contributed by atoms with Crippen LogP contribution < -0.4 is 10.1 Å². The molecule has 1 aliphatic rings. The Bertz CT molecular complexity index is 859. The van der Waals surface area contributed by atoms with Crippen LogP contribution in [0.5, 0.6) is 5.75 Å². The number of anilines is 1. The highest BCUT2D eigenvalue weighted by atomic mass is 35.5. The lowest BCUT2D eigenvalue weighted by atomic mass is 10.1. The van der Waals surface area contributed by atoms with Crippen LogP contribution in [0.1, 0.15) is 42.4 Å². The van der Waals surface area contributed by atoms with Gasteiger partial charge in [0.2, 0.25) is 0 Å². The molecule has 0 bridgehead atoms. The molecule has 1 atom stereocenters. The van der Waals surface area contributed by atoms with E-state index in [1.165, 1.54) is 35.2 Å². The Balaban J connectivity index is 0.00000225. The normalized spacial score (nSPS) is 14.0. The maximum absolute atomic E-state index is 5.95. The Labute approximate surface area is 174 Å². The van der Waals surface area contributed by atoms with Crippen LogP contribution in [-0.2, 0) is 13.0 Å². The molecule has 0 saturated heterocycles. The van der Waals surface area contributed by atoms with Crippen molar-refractivity contribution in [3.05, 3.63) is 95.6 Å². The lowest BCUT2D eigenvalue weighted by Crippen LogP contribution is -2.18. The van der Waals surface area contributed by atoms with Gasteiger partial charge in [-0.3, -0.25) is 0 Å². The second-order valence-electron chi connectivity index (χ2n) is 7.57. The molecular formula is C25H28ClNO. The zero-order chi connectivity index (χ0) is 18.5. The minimum Gasteiger partial charge on any atom is -0.489 e. The maximum atomic E-state index is 5.95. The second kappa shape index (κ2) is 9.66. The van der Waals surface area contributed by atoms with E-state index in [4.69, 9.17) is 4.74 Å². The number of nitrogens with one attached hydrogen (secondary N) is 1. The van der Waals surface area contributed by atoms with Gasteiger partial charge >= 0.3 is 0 Å². The molecule has 3 heteroatoms. The molecular weight excluding hydrogens is 366 g/mol. The van der Waals surface area contributed by atoms with Crippen molar-refractivity contribution >= 4 is 18.1 Å². The van der Waals surface area contributed by atoms with Crippen LogP contribution in [0.4, 0.5) is 5.69 Å². The van der Waals surface area contributed by atoms with E-state index in [2.05, 4.69) is 66.8 Å². The van der Waals surface area contributed by atoms with E-state index in [0.717, 1.165) is 18.1 Å². The van der Waals surface area contributed by atoms with E-state index < -0.39 is 0 Å². The molecule has 0 aromatic heterocycles. The van der Waals surface area contributed by atoms with Crippen molar-refractivity contribution < 1.29 is 4.74 Å². The fourth-order valence-corrected chi connectivity index (χ4v) is 3.46. The third-order valence-corrected chi connectivity index (χ3v) is 5.06. The van der Waals surface area contributed by atoms with Gasteiger partial charge in [0, 0.05) is 11.7 Å².